The first kappa shape index (κ1) is 39.6. The molecule has 9 aromatic rings. The van der Waals surface area contributed by atoms with Gasteiger partial charge < -0.3 is 0 Å². The van der Waals surface area contributed by atoms with E-state index in [-0.39, 0.29) is 5.78 Å². The molecule has 0 saturated heterocycles. The average Bonchev–Trinajstić information content (AvgIpc) is 3.34. The summed E-state index contributed by atoms with van der Waals surface area (Å²) in [6, 6.07) is 85.5. The van der Waals surface area contributed by atoms with Crippen molar-refractivity contribution in [2.75, 3.05) is 6.66 Å². The third-order valence-corrected chi connectivity index (χ3v) is 21.0. The molecule has 9 rings (SSSR count). The van der Waals surface area contributed by atoms with E-state index >= 15 is 0 Å². The average molecular weight is 829 g/mol. The standard InChI is InChI=1S/C56H46O3P2/c1-60(47-21-7-2-8-22-47,48-23-9-3-10-24-48)54-33-19-17-31-52(54)58-45-39-35-43(36-40-45)56(57)44-37-41-46(42-38-44)59-53-32-18-20-34-55(53)61(49-25-11-4-12-26-49,50-27-13-5-14-28-50)51-29-15-6-16-30-51/h2-42,60-61H,1H3. The molecular weight excluding hydrogens is 783 g/mol. The number of hydrogen-bond donors (Lipinski definition) is 0. The molecule has 0 spiro atoms. The molecular formula is C56H46O3P2. The summed E-state index contributed by atoms with van der Waals surface area (Å²) in [5.41, 5.74) is 1.16. The van der Waals surface area contributed by atoms with Gasteiger partial charge in [0, 0.05) is 0 Å². The van der Waals surface area contributed by atoms with E-state index in [1.54, 1.807) is 0 Å². The molecule has 0 radical (unpaired) electrons. The number of ether oxygens (including phenoxy) is 2. The summed E-state index contributed by atoms with van der Waals surface area (Å²) in [7, 11) is -5.26. The van der Waals surface area contributed by atoms with Crippen LogP contribution in [0.3, 0.4) is 0 Å². The molecule has 5 heteroatoms. The molecule has 0 fully saturated rings. The summed E-state index contributed by atoms with van der Waals surface area (Å²) >= 11 is 0. The summed E-state index contributed by atoms with van der Waals surface area (Å²) in [4.78, 5) is 13.9. The van der Waals surface area contributed by atoms with Crippen LogP contribution in [0, 0.1) is 0 Å². The van der Waals surface area contributed by atoms with E-state index in [4.69, 9.17) is 9.47 Å². The van der Waals surface area contributed by atoms with Crippen molar-refractivity contribution < 1.29 is 14.3 Å². The van der Waals surface area contributed by atoms with Gasteiger partial charge in [-0.1, -0.05) is 0 Å². The van der Waals surface area contributed by atoms with Gasteiger partial charge in [-0.3, -0.25) is 0 Å². The van der Waals surface area contributed by atoms with Crippen molar-refractivity contribution in [1.29, 1.82) is 0 Å². The Morgan fingerprint density at radius 1 is 0.328 bits per heavy atom. The van der Waals surface area contributed by atoms with Gasteiger partial charge in [-0.15, -0.1) is 0 Å². The Morgan fingerprint density at radius 2 is 0.623 bits per heavy atom. The SMILES string of the molecule is C[PH](c1ccccc1)(c1ccccc1)c1ccccc1Oc1ccc(C(=O)c2ccc(Oc3ccccc3[PH](c3ccccc3)(c3ccccc3)c3ccccc3)cc2)cc1. The van der Waals surface area contributed by atoms with Crippen LogP contribution in [0.2, 0.25) is 0 Å². The van der Waals surface area contributed by atoms with E-state index in [0.29, 0.717) is 22.6 Å². The van der Waals surface area contributed by atoms with Crippen molar-refractivity contribution in [3.8, 4) is 23.0 Å². The first-order valence-electron chi connectivity index (χ1n) is 20.6. The number of rotatable bonds is 13. The fraction of sp³-hybridized carbons (Fsp3) is 0.0179. The Morgan fingerprint density at radius 3 is 1.00 bits per heavy atom. The first-order chi connectivity index (χ1) is 30.0. The second-order valence-corrected chi connectivity index (χ2v) is 23.0. The number of ketones is 1. The number of hydrogen-bond acceptors (Lipinski definition) is 3. The van der Waals surface area contributed by atoms with Crippen LogP contribution in [0.15, 0.2) is 249 Å². The summed E-state index contributed by atoms with van der Waals surface area (Å²) in [6.07, 6.45) is 0. The van der Waals surface area contributed by atoms with Crippen molar-refractivity contribution in [1.82, 2.24) is 0 Å². The molecule has 0 heterocycles. The van der Waals surface area contributed by atoms with Crippen molar-refractivity contribution in [2.45, 2.75) is 0 Å². The topological polar surface area (TPSA) is 35.5 Å². The minimum atomic E-state index is -2.83. The van der Waals surface area contributed by atoms with Gasteiger partial charge in [0.15, 0.2) is 0 Å². The van der Waals surface area contributed by atoms with Gasteiger partial charge in [0.2, 0.25) is 0 Å². The second-order valence-electron chi connectivity index (χ2n) is 15.3. The summed E-state index contributed by atoms with van der Waals surface area (Å²) < 4.78 is 13.4. The van der Waals surface area contributed by atoms with Gasteiger partial charge >= 0.3 is 361 Å². The number of para-hydroxylation sites is 2. The van der Waals surface area contributed by atoms with Crippen LogP contribution >= 0.6 is 14.5 Å². The quantitative estimate of drug-likeness (QED) is 0.0858. The van der Waals surface area contributed by atoms with E-state index in [1.165, 1.54) is 31.8 Å². The first-order valence-corrected chi connectivity index (χ1v) is 25.1. The number of carbonyl (C=O) groups excluding carboxylic acids is 1. The van der Waals surface area contributed by atoms with Crippen LogP contribution in [0.4, 0.5) is 0 Å². The Bertz CT molecular complexity index is 2710. The van der Waals surface area contributed by atoms with E-state index in [1.807, 2.05) is 66.7 Å². The van der Waals surface area contributed by atoms with Gasteiger partial charge in [0.05, 0.1) is 0 Å². The van der Waals surface area contributed by atoms with Crippen molar-refractivity contribution in [3.63, 3.8) is 0 Å². The molecule has 0 N–H and O–H groups in total. The van der Waals surface area contributed by atoms with E-state index in [9.17, 15) is 4.79 Å². The maximum absolute atomic E-state index is 13.9. The molecule has 0 amide bonds. The normalized spacial score (nSPS) is 12.0. The van der Waals surface area contributed by atoms with Crippen LogP contribution in [-0.2, 0) is 0 Å². The zero-order valence-electron chi connectivity index (χ0n) is 33.9. The number of carbonyl (C=O) groups is 1. The zero-order chi connectivity index (χ0) is 41.5. The molecule has 0 aromatic heterocycles. The van der Waals surface area contributed by atoms with Crippen LogP contribution < -0.4 is 46.6 Å². The fourth-order valence-electron chi connectivity index (χ4n) is 8.66. The van der Waals surface area contributed by atoms with Crippen LogP contribution in [0.25, 0.3) is 0 Å². The molecule has 0 atom stereocenters. The summed E-state index contributed by atoms with van der Waals surface area (Å²) in [5.74, 6) is 2.86. The zero-order valence-corrected chi connectivity index (χ0v) is 35.9. The molecule has 0 aliphatic heterocycles. The summed E-state index contributed by atoms with van der Waals surface area (Å²) in [5, 5.41) is 8.75. The Hall–Kier alpha value is -6.89. The summed E-state index contributed by atoms with van der Waals surface area (Å²) in [6.45, 7) is 2.38. The molecule has 0 bridgehead atoms. The molecule has 0 saturated carbocycles. The van der Waals surface area contributed by atoms with Crippen LogP contribution in [0.1, 0.15) is 15.9 Å². The molecule has 61 heavy (non-hydrogen) atoms. The van der Waals surface area contributed by atoms with Crippen molar-refractivity contribution in [2.24, 2.45) is 0 Å². The Balaban J connectivity index is 0.980. The van der Waals surface area contributed by atoms with E-state index in [2.05, 4.69) is 189 Å². The maximum atomic E-state index is 13.9. The van der Waals surface area contributed by atoms with Gasteiger partial charge in [0.25, 0.3) is 0 Å². The Kier molecular flexibility index (Phi) is 11.5. The molecule has 3 nitrogen and oxygen atoms in total. The van der Waals surface area contributed by atoms with E-state index in [0.717, 1.165) is 16.8 Å². The van der Waals surface area contributed by atoms with Crippen molar-refractivity contribution >= 4 is 57.4 Å². The fourth-order valence-corrected chi connectivity index (χ4v) is 17.2. The predicted molar refractivity (Wildman–Crippen MR) is 262 cm³/mol. The second kappa shape index (κ2) is 17.8. The van der Waals surface area contributed by atoms with Gasteiger partial charge in [-0.05, 0) is 0 Å². The minimum absolute atomic E-state index is 0.0734. The van der Waals surface area contributed by atoms with Crippen LogP contribution in [0.5, 0.6) is 23.0 Å². The Labute approximate surface area is 359 Å². The van der Waals surface area contributed by atoms with Crippen LogP contribution in [-0.4, -0.2) is 12.4 Å². The molecule has 298 valence electrons. The molecule has 0 aliphatic rings. The molecule has 0 aliphatic carbocycles. The van der Waals surface area contributed by atoms with Gasteiger partial charge in [0.1, 0.15) is 0 Å². The third kappa shape index (κ3) is 7.83. The predicted octanol–water partition coefficient (Wildman–Crippen LogP) is 10.5. The molecule has 9 aromatic carbocycles. The molecule has 0 unspecified atom stereocenters. The van der Waals surface area contributed by atoms with Gasteiger partial charge in [-0.2, -0.15) is 0 Å². The van der Waals surface area contributed by atoms with Crippen molar-refractivity contribution in [3.05, 3.63) is 260 Å². The van der Waals surface area contributed by atoms with Gasteiger partial charge in [-0.25, -0.2) is 0 Å². The third-order valence-electron chi connectivity index (χ3n) is 11.7. The van der Waals surface area contributed by atoms with E-state index < -0.39 is 14.5 Å². The number of benzene rings is 9. The monoisotopic (exact) mass is 828 g/mol.